The molecule has 1 aromatic rings. The number of benzene rings is 1. The number of carbonyl (C=O) groups excluding carboxylic acids is 1. The third-order valence-electron chi connectivity index (χ3n) is 3.50. The molecule has 0 bridgehead atoms. The van der Waals surface area contributed by atoms with Gasteiger partial charge in [-0.15, -0.1) is 0 Å². The van der Waals surface area contributed by atoms with Crippen molar-refractivity contribution < 1.29 is 23.1 Å². The molecule has 0 aliphatic heterocycles. The number of anilines is 1. The minimum absolute atomic E-state index is 0.466. The van der Waals surface area contributed by atoms with E-state index in [1.807, 2.05) is 6.07 Å². The van der Waals surface area contributed by atoms with Crippen molar-refractivity contribution in [1.82, 2.24) is 0 Å². The van der Waals surface area contributed by atoms with Gasteiger partial charge in [-0.1, -0.05) is 6.07 Å². The van der Waals surface area contributed by atoms with Crippen molar-refractivity contribution in [3.05, 3.63) is 29.3 Å². The van der Waals surface area contributed by atoms with Gasteiger partial charge in [-0.25, -0.2) is 0 Å². The molecule has 110 valence electrons. The highest BCUT2D eigenvalue weighted by Gasteiger charge is 2.50. The molecule has 1 aromatic carbocycles. The Balaban J connectivity index is 2.02. The Bertz CT molecular complexity index is 524. The fourth-order valence-corrected chi connectivity index (χ4v) is 2.27. The van der Waals surface area contributed by atoms with E-state index >= 15 is 0 Å². The van der Waals surface area contributed by atoms with Crippen LogP contribution in [0.1, 0.15) is 30.9 Å². The van der Waals surface area contributed by atoms with E-state index in [1.54, 1.807) is 12.1 Å². The number of hydrogen-bond donors (Lipinski definition) is 2. The maximum atomic E-state index is 12.5. The third kappa shape index (κ3) is 3.12. The van der Waals surface area contributed by atoms with Crippen LogP contribution in [0.25, 0.3) is 0 Å². The average Bonchev–Trinajstić information content (AvgIpc) is 2.73. The normalized spacial score (nSPS) is 17.4. The number of nitrogens with one attached hydrogen (secondary N) is 1. The molecule has 1 aliphatic carbocycles. The summed E-state index contributed by atoms with van der Waals surface area (Å²) in [5.41, 5.74) is -0.224. The fourth-order valence-electron chi connectivity index (χ4n) is 2.27. The van der Waals surface area contributed by atoms with E-state index in [2.05, 4.69) is 5.32 Å². The second kappa shape index (κ2) is 5.09. The summed E-state index contributed by atoms with van der Waals surface area (Å²) in [6, 6.07) is 5.33. The number of aryl methyl sites for hydroxylation is 2. The largest absolute Gasteiger partial charge is 0.417 e. The number of carbonyl (C=O) groups is 1. The Morgan fingerprint density at radius 2 is 1.95 bits per heavy atom. The van der Waals surface area contributed by atoms with Gasteiger partial charge < -0.3 is 10.4 Å². The van der Waals surface area contributed by atoms with Crippen LogP contribution in [0.4, 0.5) is 18.9 Å². The lowest BCUT2D eigenvalue weighted by Gasteiger charge is -2.25. The van der Waals surface area contributed by atoms with Crippen LogP contribution in [0.5, 0.6) is 0 Å². The van der Waals surface area contributed by atoms with Crippen LogP contribution < -0.4 is 5.32 Å². The molecule has 0 spiro atoms. The Kier molecular flexibility index (Phi) is 3.77. The molecule has 1 atom stereocenters. The van der Waals surface area contributed by atoms with Crippen LogP contribution in [0.15, 0.2) is 18.2 Å². The smallest absolute Gasteiger partial charge is 0.380 e. The Morgan fingerprint density at radius 3 is 2.60 bits per heavy atom. The molecule has 0 heterocycles. The molecule has 1 amide bonds. The molecule has 0 radical (unpaired) electrons. The van der Waals surface area contributed by atoms with Gasteiger partial charge in [0.2, 0.25) is 5.91 Å². The summed E-state index contributed by atoms with van der Waals surface area (Å²) < 4.78 is 37.4. The Hall–Kier alpha value is -1.56. The molecular formula is C14H16F3NO2. The highest BCUT2D eigenvalue weighted by Crippen LogP contribution is 2.33. The zero-order chi connectivity index (χ0) is 15.0. The first kappa shape index (κ1) is 14.8. The molecule has 2 N–H and O–H groups in total. The SMILES string of the molecule is C[C@](O)(CC(=O)Nc1ccc2c(c1)CCC2)C(F)(F)F. The summed E-state index contributed by atoms with van der Waals surface area (Å²) in [5.74, 6) is -0.856. The van der Waals surface area contributed by atoms with Gasteiger partial charge in [0.05, 0.1) is 6.42 Å². The van der Waals surface area contributed by atoms with Gasteiger partial charge in [-0.3, -0.25) is 4.79 Å². The van der Waals surface area contributed by atoms with E-state index in [-0.39, 0.29) is 0 Å². The first-order chi connectivity index (χ1) is 9.19. The van der Waals surface area contributed by atoms with Crippen LogP contribution in [-0.4, -0.2) is 22.8 Å². The lowest BCUT2D eigenvalue weighted by atomic mass is 10.0. The zero-order valence-electron chi connectivity index (χ0n) is 11.0. The van der Waals surface area contributed by atoms with Gasteiger partial charge in [0.25, 0.3) is 0 Å². The topological polar surface area (TPSA) is 49.3 Å². The van der Waals surface area contributed by atoms with Gasteiger partial charge in [0.1, 0.15) is 0 Å². The molecule has 20 heavy (non-hydrogen) atoms. The summed E-state index contributed by atoms with van der Waals surface area (Å²) >= 11 is 0. The predicted octanol–water partition coefficient (Wildman–Crippen LogP) is 2.82. The summed E-state index contributed by atoms with van der Waals surface area (Å²) in [6.45, 7) is 0.593. The summed E-state index contributed by atoms with van der Waals surface area (Å²) in [4.78, 5) is 11.6. The maximum absolute atomic E-state index is 12.5. The maximum Gasteiger partial charge on any atom is 0.417 e. The van der Waals surface area contributed by atoms with Gasteiger partial charge >= 0.3 is 6.18 Å². The van der Waals surface area contributed by atoms with Gasteiger partial charge in [0, 0.05) is 5.69 Å². The van der Waals surface area contributed by atoms with Crippen molar-refractivity contribution >= 4 is 11.6 Å². The monoisotopic (exact) mass is 287 g/mol. The van der Waals surface area contributed by atoms with Gasteiger partial charge in [-0.2, -0.15) is 13.2 Å². The van der Waals surface area contributed by atoms with Crippen LogP contribution in [0.2, 0.25) is 0 Å². The number of amides is 1. The van der Waals surface area contributed by atoms with E-state index in [4.69, 9.17) is 0 Å². The number of aliphatic hydroxyl groups is 1. The third-order valence-corrected chi connectivity index (χ3v) is 3.50. The fraction of sp³-hybridized carbons (Fsp3) is 0.500. The first-order valence-corrected chi connectivity index (χ1v) is 6.40. The number of hydrogen-bond acceptors (Lipinski definition) is 2. The van der Waals surface area contributed by atoms with Crippen LogP contribution >= 0.6 is 0 Å². The highest BCUT2D eigenvalue weighted by molar-refractivity contribution is 5.91. The van der Waals surface area contributed by atoms with Gasteiger partial charge in [-0.05, 0) is 49.4 Å². The summed E-state index contributed by atoms with van der Waals surface area (Å²) in [6.07, 6.45) is -2.89. The van der Waals surface area contributed by atoms with Crippen LogP contribution in [0, 0.1) is 0 Å². The van der Waals surface area contributed by atoms with Crippen LogP contribution in [-0.2, 0) is 17.6 Å². The van der Waals surface area contributed by atoms with E-state index < -0.39 is 24.1 Å². The molecule has 3 nitrogen and oxygen atoms in total. The Labute approximate surface area is 114 Å². The summed E-state index contributed by atoms with van der Waals surface area (Å²) in [5, 5.41) is 11.7. The lowest BCUT2D eigenvalue weighted by molar-refractivity contribution is -0.252. The zero-order valence-corrected chi connectivity index (χ0v) is 11.0. The van der Waals surface area contributed by atoms with Crippen molar-refractivity contribution in [3.63, 3.8) is 0 Å². The van der Waals surface area contributed by atoms with E-state index in [9.17, 15) is 23.1 Å². The number of halogens is 3. The number of fused-ring (bicyclic) bond motifs is 1. The van der Waals surface area contributed by atoms with Crippen molar-refractivity contribution in [3.8, 4) is 0 Å². The van der Waals surface area contributed by atoms with Crippen molar-refractivity contribution in [1.29, 1.82) is 0 Å². The average molecular weight is 287 g/mol. The molecule has 1 aliphatic rings. The molecule has 0 saturated heterocycles. The van der Waals surface area contributed by atoms with Crippen molar-refractivity contribution in [2.24, 2.45) is 0 Å². The number of alkyl halides is 3. The van der Waals surface area contributed by atoms with Crippen molar-refractivity contribution in [2.75, 3.05) is 5.32 Å². The minimum Gasteiger partial charge on any atom is -0.380 e. The molecule has 6 heteroatoms. The van der Waals surface area contributed by atoms with Crippen LogP contribution in [0.3, 0.4) is 0 Å². The number of rotatable bonds is 3. The predicted molar refractivity (Wildman–Crippen MR) is 68.4 cm³/mol. The lowest BCUT2D eigenvalue weighted by Crippen LogP contribution is -2.44. The second-order valence-electron chi connectivity index (χ2n) is 5.33. The minimum atomic E-state index is -4.83. The highest BCUT2D eigenvalue weighted by atomic mass is 19.4. The molecule has 0 unspecified atom stereocenters. The first-order valence-electron chi connectivity index (χ1n) is 6.40. The standard InChI is InChI=1S/C14H16F3NO2/c1-13(20,14(15,16)17)8-12(19)18-11-6-5-9-3-2-4-10(9)7-11/h5-7,20H,2-4,8H2,1H3,(H,18,19)/t13-/m0/s1. The molecular weight excluding hydrogens is 271 g/mol. The molecule has 2 rings (SSSR count). The van der Waals surface area contributed by atoms with E-state index in [0.29, 0.717) is 12.6 Å². The molecule has 0 saturated carbocycles. The second-order valence-corrected chi connectivity index (χ2v) is 5.33. The van der Waals surface area contributed by atoms with Gasteiger partial charge in [0.15, 0.2) is 5.60 Å². The quantitative estimate of drug-likeness (QED) is 0.898. The Morgan fingerprint density at radius 1 is 1.30 bits per heavy atom. The molecule has 0 fully saturated rings. The summed E-state index contributed by atoms with van der Waals surface area (Å²) in [7, 11) is 0. The van der Waals surface area contributed by atoms with E-state index in [1.165, 1.54) is 5.56 Å². The molecule has 0 aromatic heterocycles. The van der Waals surface area contributed by atoms with E-state index in [0.717, 1.165) is 24.8 Å². The van der Waals surface area contributed by atoms with Crippen molar-refractivity contribution in [2.45, 2.75) is 44.4 Å².